The molecule has 0 aliphatic rings. The molecular formula is C14H19NO. The fraction of sp³-hybridized carbons (Fsp3) is 0.357. The van der Waals surface area contributed by atoms with Gasteiger partial charge in [0.25, 0.3) is 0 Å². The van der Waals surface area contributed by atoms with Gasteiger partial charge in [0.1, 0.15) is 0 Å². The van der Waals surface area contributed by atoms with Crippen molar-refractivity contribution in [3.8, 4) is 0 Å². The van der Waals surface area contributed by atoms with Crippen molar-refractivity contribution in [2.45, 2.75) is 25.7 Å². The van der Waals surface area contributed by atoms with E-state index < -0.39 is 0 Å². The molecule has 0 aliphatic carbocycles. The smallest absolute Gasteiger partial charge is 0.220 e. The molecule has 0 aromatic heterocycles. The van der Waals surface area contributed by atoms with Crippen LogP contribution in [0, 0.1) is 0 Å². The van der Waals surface area contributed by atoms with Gasteiger partial charge in [-0.05, 0) is 24.8 Å². The summed E-state index contributed by atoms with van der Waals surface area (Å²) in [6, 6.07) is 10.2. The lowest BCUT2D eigenvalue weighted by atomic mass is 10.1. The minimum Gasteiger partial charge on any atom is -0.356 e. The molecular weight excluding hydrogens is 198 g/mol. The summed E-state index contributed by atoms with van der Waals surface area (Å²) in [4.78, 5) is 11.4. The van der Waals surface area contributed by atoms with Crippen molar-refractivity contribution in [1.29, 1.82) is 0 Å². The Labute approximate surface area is 97.4 Å². The number of hydrogen-bond acceptors (Lipinski definition) is 1. The molecule has 1 aromatic carbocycles. The summed E-state index contributed by atoms with van der Waals surface area (Å²) in [5.74, 6) is 0.137. The molecule has 86 valence electrons. The highest BCUT2D eigenvalue weighted by atomic mass is 16.1. The normalized spacial score (nSPS) is 9.75. The second-order valence-electron chi connectivity index (χ2n) is 3.77. The maximum atomic E-state index is 11.4. The number of aryl methyl sites for hydroxylation is 1. The maximum absolute atomic E-state index is 11.4. The molecule has 0 aliphatic heterocycles. The molecule has 1 amide bonds. The quantitative estimate of drug-likeness (QED) is 0.552. The van der Waals surface area contributed by atoms with Gasteiger partial charge in [0.05, 0.1) is 0 Å². The highest BCUT2D eigenvalue weighted by molar-refractivity contribution is 5.75. The molecule has 2 nitrogen and oxygen atoms in total. The van der Waals surface area contributed by atoms with E-state index in [1.54, 1.807) is 0 Å². The summed E-state index contributed by atoms with van der Waals surface area (Å²) in [7, 11) is 0. The number of amides is 1. The first kappa shape index (κ1) is 12.5. The van der Waals surface area contributed by atoms with Crippen LogP contribution in [0.5, 0.6) is 0 Å². The average Bonchev–Trinajstić information content (AvgIpc) is 2.31. The number of carbonyl (C=O) groups excluding carboxylic acids is 1. The zero-order chi connectivity index (χ0) is 11.6. The van der Waals surface area contributed by atoms with Gasteiger partial charge < -0.3 is 5.32 Å². The Morgan fingerprint density at radius 3 is 2.75 bits per heavy atom. The Hall–Kier alpha value is -1.57. The fourth-order valence-corrected chi connectivity index (χ4v) is 1.50. The van der Waals surface area contributed by atoms with Crippen molar-refractivity contribution in [2.75, 3.05) is 6.54 Å². The van der Waals surface area contributed by atoms with E-state index in [0.29, 0.717) is 13.0 Å². The highest BCUT2D eigenvalue weighted by Crippen LogP contribution is 2.04. The first-order valence-corrected chi connectivity index (χ1v) is 5.74. The Bertz CT molecular complexity index is 319. The molecule has 1 N–H and O–H groups in total. The number of rotatable bonds is 7. The van der Waals surface area contributed by atoms with Crippen molar-refractivity contribution < 1.29 is 4.79 Å². The third-order valence-electron chi connectivity index (χ3n) is 2.38. The molecule has 0 spiro atoms. The van der Waals surface area contributed by atoms with E-state index in [0.717, 1.165) is 19.3 Å². The summed E-state index contributed by atoms with van der Waals surface area (Å²) in [6.07, 6.45) is 5.13. The minimum atomic E-state index is 0.137. The Kier molecular flexibility index (Phi) is 6.00. The van der Waals surface area contributed by atoms with Crippen LogP contribution in [0.3, 0.4) is 0 Å². The van der Waals surface area contributed by atoms with Crippen LogP contribution in [0.4, 0.5) is 0 Å². The molecule has 0 bridgehead atoms. The lowest BCUT2D eigenvalue weighted by Crippen LogP contribution is -2.23. The van der Waals surface area contributed by atoms with Gasteiger partial charge in [0.2, 0.25) is 5.91 Å². The third kappa shape index (κ3) is 5.35. The van der Waals surface area contributed by atoms with Crippen molar-refractivity contribution in [2.24, 2.45) is 0 Å². The van der Waals surface area contributed by atoms with E-state index in [1.807, 2.05) is 24.3 Å². The van der Waals surface area contributed by atoms with Crippen LogP contribution in [0.2, 0.25) is 0 Å². The van der Waals surface area contributed by atoms with Crippen LogP contribution < -0.4 is 5.32 Å². The first-order chi connectivity index (χ1) is 7.83. The lowest BCUT2D eigenvalue weighted by molar-refractivity contribution is -0.121. The van der Waals surface area contributed by atoms with Gasteiger partial charge in [-0.2, -0.15) is 0 Å². The third-order valence-corrected chi connectivity index (χ3v) is 2.38. The maximum Gasteiger partial charge on any atom is 0.220 e. The second kappa shape index (κ2) is 7.69. The summed E-state index contributed by atoms with van der Waals surface area (Å²) >= 11 is 0. The summed E-state index contributed by atoms with van der Waals surface area (Å²) < 4.78 is 0. The molecule has 0 saturated carbocycles. The van der Waals surface area contributed by atoms with Crippen LogP contribution in [0.1, 0.15) is 24.8 Å². The molecule has 16 heavy (non-hydrogen) atoms. The molecule has 2 heteroatoms. The van der Waals surface area contributed by atoms with E-state index in [-0.39, 0.29) is 5.91 Å². The number of benzene rings is 1. The predicted octanol–water partition coefficient (Wildman–Crippen LogP) is 2.70. The predicted molar refractivity (Wildman–Crippen MR) is 67.2 cm³/mol. The molecule has 0 radical (unpaired) electrons. The monoisotopic (exact) mass is 217 g/mol. The Balaban J connectivity index is 2.11. The standard InChI is InChI=1S/C14H19NO/c1-2-3-12-15-14(16)11-7-10-13-8-5-4-6-9-13/h2,4-6,8-9H,1,3,7,10-12H2,(H,15,16). The topological polar surface area (TPSA) is 29.1 Å². The van der Waals surface area contributed by atoms with Gasteiger partial charge in [0, 0.05) is 13.0 Å². The molecule has 0 fully saturated rings. The van der Waals surface area contributed by atoms with Crippen LogP contribution >= 0.6 is 0 Å². The van der Waals surface area contributed by atoms with Crippen molar-refractivity contribution in [1.82, 2.24) is 5.32 Å². The molecule has 0 heterocycles. The molecule has 0 saturated heterocycles. The Morgan fingerprint density at radius 2 is 2.06 bits per heavy atom. The highest BCUT2D eigenvalue weighted by Gasteiger charge is 1.99. The summed E-state index contributed by atoms with van der Waals surface area (Å²) in [6.45, 7) is 4.31. The number of carbonyl (C=O) groups is 1. The molecule has 0 atom stereocenters. The van der Waals surface area contributed by atoms with Gasteiger partial charge in [0.15, 0.2) is 0 Å². The van der Waals surface area contributed by atoms with Crippen LogP contribution in [-0.4, -0.2) is 12.5 Å². The molecule has 0 unspecified atom stereocenters. The largest absolute Gasteiger partial charge is 0.356 e. The first-order valence-electron chi connectivity index (χ1n) is 5.74. The zero-order valence-electron chi connectivity index (χ0n) is 9.61. The molecule has 1 aromatic rings. The summed E-state index contributed by atoms with van der Waals surface area (Å²) in [5, 5.41) is 2.86. The van der Waals surface area contributed by atoms with Gasteiger partial charge in [-0.3, -0.25) is 4.79 Å². The second-order valence-corrected chi connectivity index (χ2v) is 3.77. The van der Waals surface area contributed by atoms with Crippen molar-refractivity contribution in [3.63, 3.8) is 0 Å². The lowest BCUT2D eigenvalue weighted by Gasteiger charge is -2.03. The van der Waals surface area contributed by atoms with Gasteiger partial charge >= 0.3 is 0 Å². The van der Waals surface area contributed by atoms with Crippen LogP contribution in [0.15, 0.2) is 43.0 Å². The van der Waals surface area contributed by atoms with E-state index in [1.165, 1.54) is 5.56 Å². The number of nitrogens with one attached hydrogen (secondary N) is 1. The average molecular weight is 217 g/mol. The van der Waals surface area contributed by atoms with E-state index in [4.69, 9.17) is 0 Å². The van der Waals surface area contributed by atoms with Gasteiger partial charge in [-0.25, -0.2) is 0 Å². The van der Waals surface area contributed by atoms with Crippen molar-refractivity contribution in [3.05, 3.63) is 48.6 Å². The summed E-state index contributed by atoms with van der Waals surface area (Å²) in [5.41, 5.74) is 1.29. The Morgan fingerprint density at radius 1 is 1.31 bits per heavy atom. The van der Waals surface area contributed by atoms with Crippen molar-refractivity contribution >= 4 is 5.91 Å². The van der Waals surface area contributed by atoms with Crippen LogP contribution in [0.25, 0.3) is 0 Å². The van der Waals surface area contributed by atoms with E-state index in [2.05, 4.69) is 24.0 Å². The van der Waals surface area contributed by atoms with Gasteiger partial charge in [-0.15, -0.1) is 6.58 Å². The van der Waals surface area contributed by atoms with E-state index >= 15 is 0 Å². The van der Waals surface area contributed by atoms with Crippen LogP contribution in [-0.2, 0) is 11.2 Å². The fourth-order valence-electron chi connectivity index (χ4n) is 1.50. The number of hydrogen-bond donors (Lipinski definition) is 1. The molecule has 1 rings (SSSR count). The van der Waals surface area contributed by atoms with E-state index in [9.17, 15) is 4.79 Å². The zero-order valence-corrected chi connectivity index (χ0v) is 9.61. The SMILES string of the molecule is C=CCCNC(=O)CCCc1ccccc1. The minimum absolute atomic E-state index is 0.137. The van der Waals surface area contributed by atoms with Gasteiger partial charge in [-0.1, -0.05) is 36.4 Å².